The molecule has 0 aliphatic rings. The van der Waals surface area contributed by atoms with Crippen LogP contribution in [0.5, 0.6) is 5.88 Å². The van der Waals surface area contributed by atoms with Crippen molar-refractivity contribution in [3.8, 4) is 5.88 Å². The van der Waals surface area contributed by atoms with Gasteiger partial charge in [-0.1, -0.05) is 35.9 Å². The van der Waals surface area contributed by atoms with E-state index in [9.17, 15) is 9.90 Å². The quantitative estimate of drug-likeness (QED) is 0.334. The molecule has 0 radical (unpaired) electrons. The number of nitrogens with one attached hydrogen (secondary N) is 1. The summed E-state index contributed by atoms with van der Waals surface area (Å²) in [6.07, 6.45) is 1.89. The lowest BCUT2D eigenvalue weighted by Gasteiger charge is -2.07. The lowest BCUT2D eigenvalue weighted by Crippen LogP contribution is -2.10. The van der Waals surface area contributed by atoms with Gasteiger partial charge in [0.05, 0.1) is 26.8 Å². The number of aromatic hydroxyl groups is 1. The number of anilines is 1. The topological polar surface area (TPSA) is 54.3 Å². The molecule has 0 saturated heterocycles. The molecule has 0 unspecified atom stereocenters. The largest absolute Gasteiger partial charge is 0.494 e. The number of hydrogen-bond donors (Lipinski definition) is 2. The summed E-state index contributed by atoms with van der Waals surface area (Å²) < 4.78 is 3.51. The summed E-state index contributed by atoms with van der Waals surface area (Å²) in [4.78, 5) is 13.0. The van der Waals surface area contributed by atoms with Crippen molar-refractivity contribution >= 4 is 67.9 Å². The summed E-state index contributed by atoms with van der Waals surface area (Å²) in [5.41, 5.74) is 1.66. The molecular weight excluding hydrogens is 495 g/mol. The Bertz CT molecular complexity index is 1130. The molecule has 0 fully saturated rings. The van der Waals surface area contributed by atoms with Crippen LogP contribution >= 0.6 is 45.5 Å². The molecule has 2 aromatic heterocycles. The molecule has 2 heterocycles. The van der Waals surface area contributed by atoms with Crippen LogP contribution in [0.4, 0.5) is 5.69 Å². The summed E-state index contributed by atoms with van der Waals surface area (Å²) in [5.74, 6) is -0.118. The number of carbonyl (C=O) groups excluding carboxylic acids is 1. The molecule has 2 aromatic carbocycles. The van der Waals surface area contributed by atoms with Gasteiger partial charge in [-0.25, -0.2) is 0 Å². The third-order valence-electron chi connectivity index (χ3n) is 4.20. The second-order valence-electron chi connectivity index (χ2n) is 6.03. The second-order valence-corrected chi connectivity index (χ2v) is 9.00. The summed E-state index contributed by atoms with van der Waals surface area (Å²) in [6, 6.07) is 17.1. The van der Waals surface area contributed by atoms with Crippen molar-refractivity contribution in [3.63, 3.8) is 0 Å². The van der Waals surface area contributed by atoms with Crippen LogP contribution in [0.3, 0.4) is 0 Å². The SMILES string of the molecule is O=C(Nc1cccc2cn(Cc3ccc(I)cc3)c(O)c12)c1ccc(Cl)s1. The number of halogens is 2. The third-order valence-corrected chi connectivity index (χ3v) is 6.15. The van der Waals surface area contributed by atoms with Crippen molar-refractivity contribution in [2.75, 3.05) is 5.32 Å². The van der Waals surface area contributed by atoms with Crippen molar-refractivity contribution in [2.24, 2.45) is 0 Å². The van der Waals surface area contributed by atoms with E-state index in [1.54, 1.807) is 22.8 Å². The Hall–Kier alpha value is -2.03. The number of benzene rings is 2. The van der Waals surface area contributed by atoms with Gasteiger partial charge in [-0.05, 0) is 58.5 Å². The molecule has 0 aliphatic heterocycles. The van der Waals surface area contributed by atoms with Gasteiger partial charge in [0.25, 0.3) is 5.91 Å². The van der Waals surface area contributed by atoms with Gasteiger partial charge in [0.1, 0.15) is 0 Å². The van der Waals surface area contributed by atoms with E-state index in [1.807, 2.05) is 42.6 Å². The summed E-state index contributed by atoms with van der Waals surface area (Å²) in [7, 11) is 0. The molecule has 4 nitrogen and oxygen atoms in total. The van der Waals surface area contributed by atoms with Crippen LogP contribution in [0.2, 0.25) is 4.34 Å². The monoisotopic (exact) mass is 508 g/mol. The van der Waals surface area contributed by atoms with Crippen LogP contribution in [0.15, 0.2) is 60.8 Å². The van der Waals surface area contributed by atoms with Gasteiger partial charge in [0.15, 0.2) is 0 Å². The fraction of sp³-hybridized carbons (Fsp3) is 0.0500. The Morgan fingerprint density at radius 2 is 1.93 bits per heavy atom. The van der Waals surface area contributed by atoms with Crippen LogP contribution in [-0.2, 0) is 6.54 Å². The average molecular weight is 509 g/mol. The van der Waals surface area contributed by atoms with E-state index >= 15 is 0 Å². The number of hydrogen-bond acceptors (Lipinski definition) is 3. The fourth-order valence-electron chi connectivity index (χ4n) is 2.93. The van der Waals surface area contributed by atoms with E-state index in [-0.39, 0.29) is 11.8 Å². The first-order valence-corrected chi connectivity index (χ1v) is 10.4. The predicted molar refractivity (Wildman–Crippen MR) is 119 cm³/mol. The first-order chi connectivity index (χ1) is 13.0. The van der Waals surface area contributed by atoms with Crippen LogP contribution in [0.25, 0.3) is 10.8 Å². The van der Waals surface area contributed by atoms with Crippen LogP contribution in [-0.4, -0.2) is 15.6 Å². The molecule has 0 saturated carbocycles. The van der Waals surface area contributed by atoms with Gasteiger partial charge in [0.2, 0.25) is 5.88 Å². The highest BCUT2D eigenvalue weighted by Gasteiger charge is 2.16. The molecule has 0 spiro atoms. The van der Waals surface area contributed by atoms with Crippen LogP contribution < -0.4 is 5.32 Å². The van der Waals surface area contributed by atoms with Crippen molar-refractivity contribution in [2.45, 2.75) is 6.54 Å². The van der Waals surface area contributed by atoms with Crippen molar-refractivity contribution in [1.29, 1.82) is 0 Å². The number of carbonyl (C=O) groups is 1. The van der Waals surface area contributed by atoms with E-state index in [4.69, 9.17) is 11.6 Å². The number of aromatic nitrogens is 1. The minimum atomic E-state index is -0.246. The molecule has 4 rings (SSSR count). The van der Waals surface area contributed by atoms with Crippen LogP contribution in [0.1, 0.15) is 15.2 Å². The average Bonchev–Trinajstić information content (AvgIpc) is 3.22. The normalized spacial score (nSPS) is 11.0. The number of nitrogens with zero attached hydrogens (tertiary/aromatic N) is 1. The zero-order valence-corrected chi connectivity index (χ0v) is 17.7. The molecule has 136 valence electrons. The zero-order chi connectivity index (χ0) is 19.0. The number of fused-ring (bicyclic) bond motifs is 1. The van der Waals surface area contributed by atoms with Crippen molar-refractivity contribution in [1.82, 2.24) is 4.57 Å². The molecule has 0 bridgehead atoms. The lowest BCUT2D eigenvalue weighted by molar-refractivity contribution is 0.103. The molecule has 2 N–H and O–H groups in total. The number of thiophene rings is 1. The maximum absolute atomic E-state index is 12.5. The molecule has 0 aliphatic carbocycles. The molecule has 7 heteroatoms. The Kier molecular flexibility index (Phi) is 5.12. The van der Waals surface area contributed by atoms with E-state index in [0.29, 0.717) is 26.8 Å². The van der Waals surface area contributed by atoms with E-state index in [2.05, 4.69) is 27.9 Å². The maximum Gasteiger partial charge on any atom is 0.265 e. The molecule has 1 amide bonds. The summed E-state index contributed by atoms with van der Waals surface area (Å²) >= 11 is 9.39. The van der Waals surface area contributed by atoms with E-state index < -0.39 is 0 Å². The highest BCUT2D eigenvalue weighted by atomic mass is 127. The third kappa shape index (κ3) is 3.83. The minimum Gasteiger partial charge on any atom is -0.494 e. The Morgan fingerprint density at radius 3 is 2.63 bits per heavy atom. The summed E-state index contributed by atoms with van der Waals surface area (Å²) in [5, 5.41) is 15.1. The minimum absolute atomic E-state index is 0.128. The van der Waals surface area contributed by atoms with Gasteiger partial charge in [0, 0.05) is 15.2 Å². The highest BCUT2D eigenvalue weighted by Crippen LogP contribution is 2.34. The highest BCUT2D eigenvalue weighted by molar-refractivity contribution is 14.1. The maximum atomic E-state index is 12.5. The molecule has 0 atom stereocenters. The van der Waals surface area contributed by atoms with E-state index in [1.165, 1.54) is 11.3 Å². The number of amides is 1. The second kappa shape index (κ2) is 7.53. The van der Waals surface area contributed by atoms with E-state index in [0.717, 1.165) is 14.5 Å². The van der Waals surface area contributed by atoms with Gasteiger partial charge in [-0.15, -0.1) is 11.3 Å². The lowest BCUT2D eigenvalue weighted by atomic mass is 10.2. The number of rotatable bonds is 4. The first kappa shape index (κ1) is 18.3. The van der Waals surface area contributed by atoms with Crippen molar-refractivity contribution in [3.05, 3.63) is 79.1 Å². The Morgan fingerprint density at radius 1 is 1.15 bits per heavy atom. The molecule has 27 heavy (non-hydrogen) atoms. The standard InChI is InChI=1S/C20H14ClIN2O2S/c21-17-9-8-16(27-17)19(25)23-15-3-1-2-13-11-24(20(26)18(13)15)10-12-4-6-14(22)7-5-12/h1-9,11,26H,10H2,(H,23,25). The van der Waals surface area contributed by atoms with Crippen molar-refractivity contribution < 1.29 is 9.90 Å². The summed E-state index contributed by atoms with van der Waals surface area (Å²) in [6.45, 7) is 0.547. The zero-order valence-electron chi connectivity index (χ0n) is 13.9. The van der Waals surface area contributed by atoms with Gasteiger partial charge in [-0.3, -0.25) is 4.79 Å². The predicted octanol–water partition coefficient (Wildman–Crippen LogP) is 5.97. The molecule has 4 aromatic rings. The Labute approximate surface area is 178 Å². The van der Waals surface area contributed by atoms with Gasteiger partial charge in [-0.2, -0.15) is 0 Å². The van der Waals surface area contributed by atoms with Crippen LogP contribution in [0, 0.1) is 3.57 Å². The van der Waals surface area contributed by atoms with Gasteiger partial charge < -0.3 is 15.0 Å². The first-order valence-electron chi connectivity index (χ1n) is 8.13. The van der Waals surface area contributed by atoms with Gasteiger partial charge >= 0.3 is 0 Å². The Balaban J connectivity index is 1.67. The smallest absolute Gasteiger partial charge is 0.265 e. The molecular formula is C20H14ClIN2O2S. The fourth-order valence-corrected chi connectivity index (χ4v) is 4.23.